The second kappa shape index (κ2) is 10.7. The maximum absolute atomic E-state index is 15.0. The highest BCUT2D eigenvalue weighted by Gasteiger charge is 2.34. The Morgan fingerprint density at radius 3 is 2.41 bits per heavy atom. The van der Waals surface area contributed by atoms with E-state index in [2.05, 4.69) is 28.7 Å². The number of hydrogen-bond donors (Lipinski definition) is 0. The number of nitrogens with zero attached hydrogens (tertiary/aromatic N) is 4. The number of hydrogen-bond acceptors (Lipinski definition) is 5. The summed E-state index contributed by atoms with van der Waals surface area (Å²) in [6, 6.07) is 2.90. The molecule has 6 nitrogen and oxygen atoms in total. The number of ether oxygens (including phenoxy) is 1. The quantitative estimate of drug-likeness (QED) is 0.549. The van der Waals surface area contributed by atoms with Gasteiger partial charge in [-0.2, -0.15) is 13.2 Å². The molecule has 1 aliphatic rings. The number of carbonyl (C=O) groups is 1. The average Bonchev–Trinajstić information content (AvgIpc) is 2.78. The number of rotatable bonds is 7. The van der Waals surface area contributed by atoms with Crippen molar-refractivity contribution in [1.82, 2.24) is 19.8 Å². The van der Waals surface area contributed by atoms with Crippen molar-refractivity contribution in [1.29, 1.82) is 0 Å². The maximum atomic E-state index is 15.0. The third-order valence-electron chi connectivity index (χ3n) is 5.99. The minimum absolute atomic E-state index is 0.0313. The van der Waals surface area contributed by atoms with E-state index in [1.54, 1.807) is 11.8 Å². The molecule has 3 rings (SSSR count). The van der Waals surface area contributed by atoms with Gasteiger partial charge in [0.05, 0.1) is 23.9 Å². The van der Waals surface area contributed by atoms with Gasteiger partial charge in [-0.25, -0.2) is 14.4 Å². The molecule has 0 spiro atoms. The van der Waals surface area contributed by atoms with Crippen LogP contribution in [0.15, 0.2) is 18.3 Å². The number of amides is 1. The van der Waals surface area contributed by atoms with Crippen LogP contribution < -0.4 is 4.74 Å². The van der Waals surface area contributed by atoms with Crippen LogP contribution in [0.4, 0.5) is 17.6 Å². The Kier molecular flexibility index (Phi) is 8.12. The topological polar surface area (TPSA) is 58.6 Å². The minimum Gasteiger partial charge on any atom is -0.496 e. The van der Waals surface area contributed by atoms with E-state index in [1.165, 1.54) is 19.2 Å². The van der Waals surface area contributed by atoms with Gasteiger partial charge in [0.15, 0.2) is 0 Å². The van der Waals surface area contributed by atoms with E-state index in [1.807, 2.05) is 0 Å². The van der Waals surface area contributed by atoms with Crippen molar-refractivity contribution in [3.63, 3.8) is 0 Å². The van der Waals surface area contributed by atoms with Crippen molar-refractivity contribution >= 4 is 5.91 Å². The van der Waals surface area contributed by atoms with Gasteiger partial charge in [-0.15, -0.1) is 0 Å². The number of alkyl halides is 3. The molecule has 34 heavy (non-hydrogen) atoms. The summed E-state index contributed by atoms with van der Waals surface area (Å²) in [6.45, 7) is 8.37. The Labute approximate surface area is 196 Å². The highest BCUT2D eigenvalue weighted by Crippen LogP contribution is 2.32. The van der Waals surface area contributed by atoms with Gasteiger partial charge in [-0.1, -0.05) is 13.3 Å². The molecule has 1 aromatic heterocycles. The third kappa shape index (κ3) is 5.84. The molecule has 0 unspecified atom stereocenters. The average molecular weight is 483 g/mol. The standard InChI is InChI=1S/C24H30F4N4O2/c1-5-6-20-18(24(26,27)28)14-29-22(30-20)12-16-11-19(25)17(13-21(16)34-4)23(33)32-9-7-31(8-10-32)15(2)3/h11,13-15H,5-10,12H2,1-4H3. The van der Waals surface area contributed by atoms with Crippen molar-refractivity contribution in [3.05, 3.63) is 52.4 Å². The van der Waals surface area contributed by atoms with Crippen LogP contribution in [0.1, 0.15) is 60.2 Å². The Hall–Kier alpha value is -2.75. The Bertz CT molecular complexity index is 1020. The molecule has 1 amide bonds. The number of aromatic nitrogens is 2. The van der Waals surface area contributed by atoms with Gasteiger partial charge in [0.2, 0.25) is 0 Å². The Morgan fingerprint density at radius 2 is 1.85 bits per heavy atom. The lowest BCUT2D eigenvalue weighted by molar-refractivity contribution is -0.138. The molecule has 0 N–H and O–H groups in total. The highest BCUT2D eigenvalue weighted by molar-refractivity contribution is 5.95. The van der Waals surface area contributed by atoms with E-state index >= 15 is 0 Å². The molecule has 0 saturated carbocycles. The molecule has 1 saturated heterocycles. The maximum Gasteiger partial charge on any atom is 0.419 e. The second-order valence-corrected chi connectivity index (χ2v) is 8.64. The van der Waals surface area contributed by atoms with Crippen LogP contribution in [0.3, 0.4) is 0 Å². The zero-order chi connectivity index (χ0) is 25.0. The van der Waals surface area contributed by atoms with E-state index in [4.69, 9.17) is 4.74 Å². The highest BCUT2D eigenvalue weighted by atomic mass is 19.4. The van der Waals surface area contributed by atoms with Gasteiger partial charge in [-0.3, -0.25) is 9.69 Å². The molecule has 1 fully saturated rings. The lowest BCUT2D eigenvalue weighted by Crippen LogP contribution is -2.50. The molecule has 0 bridgehead atoms. The molecule has 0 atom stereocenters. The molecular formula is C24H30F4N4O2. The van der Waals surface area contributed by atoms with E-state index in [-0.39, 0.29) is 35.7 Å². The zero-order valence-electron chi connectivity index (χ0n) is 19.9. The SMILES string of the molecule is CCCc1nc(Cc2cc(F)c(C(=O)N3CCN(C(C)C)CC3)cc2OC)ncc1C(F)(F)F. The van der Waals surface area contributed by atoms with Crippen molar-refractivity contribution in [2.75, 3.05) is 33.3 Å². The Morgan fingerprint density at radius 1 is 1.18 bits per heavy atom. The normalized spacial score (nSPS) is 15.1. The fourth-order valence-electron chi connectivity index (χ4n) is 4.08. The lowest BCUT2D eigenvalue weighted by atomic mass is 10.0. The largest absolute Gasteiger partial charge is 0.496 e. The van der Waals surface area contributed by atoms with Crippen molar-refractivity contribution in [3.8, 4) is 5.75 Å². The summed E-state index contributed by atoms with van der Waals surface area (Å²) in [4.78, 5) is 24.8. The monoisotopic (exact) mass is 482 g/mol. The molecule has 0 radical (unpaired) electrons. The first-order chi connectivity index (χ1) is 16.0. The summed E-state index contributed by atoms with van der Waals surface area (Å²) in [5.41, 5.74) is -0.705. The van der Waals surface area contributed by atoms with E-state index < -0.39 is 23.5 Å². The first kappa shape index (κ1) is 25.9. The van der Waals surface area contributed by atoms with Crippen LogP contribution in [0, 0.1) is 5.82 Å². The fraction of sp³-hybridized carbons (Fsp3) is 0.542. The van der Waals surface area contributed by atoms with Gasteiger partial charge in [-0.05, 0) is 32.4 Å². The molecular weight excluding hydrogens is 452 g/mol. The molecule has 2 aromatic rings. The van der Waals surface area contributed by atoms with Crippen LogP contribution in [0.5, 0.6) is 5.75 Å². The number of piperazine rings is 1. The Balaban J connectivity index is 1.84. The molecule has 186 valence electrons. The van der Waals surface area contributed by atoms with Crippen LogP contribution >= 0.6 is 0 Å². The molecule has 1 aliphatic heterocycles. The third-order valence-corrected chi connectivity index (χ3v) is 5.99. The summed E-state index contributed by atoms with van der Waals surface area (Å²) >= 11 is 0. The van der Waals surface area contributed by atoms with Crippen LogP contribution in [-0.4, -0.2) is 65.0 Å². The fourth-order valence-corrected chi connectivity index (χ4v) is 4.08. The molecule has 10 heteroatoms. The van der Waals surface area contributed by atoms with E-state index in [0.717, 1.165) is 6.20 Å². The molecule has 0 aliphatic carbocycles. The predicted molar refractivity (Wildman–Crippen MR) is 119 cm³/mol. The summed E-state index contributed by atoms with van der Waals surface area (Å²) < 4.78 is 60.1. The number of aryl methyl sites for hydroxylation is 1. The minimum atomic E-state index is -4.55. The zero-order valence-corrected chi connectivity index (χ0v) is 19.9. The number of carbonyl (C=O) groups excluding carboxylic acids is 1. The van der Waals surface area contributed by atoms with Crippen LogP contribution in [0.2, 0.25) is 0 Å². The second-order valence-electron chi connectivity index (χ2n) is 8.64. The van der Waals surface area contributed by atoms with E-state index in [0.29, 0.717) is 44.2 Å². The van der Waals surface area contributed by atoms with Gasteiger partial charge < -0.3 is 9.64 Å². The van der Waals surface area contributed by atoms with Gasteiger partial charge in [0.1, 0.15) is 17.4 Å². The lowest BCUT2D eigenvalue weighted by Gasteiger charge is -2.37. The van der Waals surface area contributed by atoms with Crippen molar-refractivity contribution in [2.24, 2.45) is 0 Å². The first-order valence-electron chi connectivity index (χ1n) is 11.4. The first-order valence-corrected chi connectivity index (χ1v) is 11.4. The summed E-state index contributed by atoms with van der Waals surface area (Å²) in [7, 11) is 1.39. The number of halogens is 4. The summed E-state index contributed by atoms with van der Waals surface area (Å²) in [5, 5.41) is 0. The smallest absolute Gasteiger partial charge is 0.419 e. The summed E-state index contributed by atoms with van der Waals surface area (Å²) in [5.74, 6) is -0.751. The number of benzene rings is 1. The van der Waals surface area contributed by atoms with Gasteiger partial charge in [0, 0.05) is 50.4 Å². The van der Waals surface area contributed by atoms with Gasteiger partial charge in [0.25, 0.3) is 5.91 Å². The van der Waals surface area contributed by atoms with Crippen molar-refractivity contribution in [2.45, 2.75) is 52.3 Å². The summed E-state index contributed by atoms with van der Waals surface area (Å²) in [6.07, 6.45) is -3.18. The molecule has 2 heterocycles. The van der Waals surface area contributed by atoms with Crippen LogP contribution in [-0.2, 0) is 19.0 Å². The van der Waals surface area contributed by atoms with Gasteiger partial charge >= 0.3 is 6.18 Å². The predicted octanol–water partition coefficient (Wildman–Crippen LogP) is 4.35. The molecule has 1 aromatic carbocycles. The van der Waals surface area contributed by atoms with Crippen LogP contribution in [0.25, 0.3) is 0 Å². The van der Waals surface area contributed by atoms with E-state index in [9.17, 15) is 22.4 Å². The van der Waals surface area contributed by atoms with Crippen molar-refractivity contribution < 1.29 is 27.1 Å². The number of methoxy groups -OCH3 is 1.